The molecule has 2 aromatic heterocycles. The van der Waals surface area contributed by atoms with Crippen LogP contribution in [0.5, 0.6) is 0 Å². The summed E-state index contributed by atoms with van der Waals surface area (Å²) in [5.74, 6) is 0.596. The SMILES string of the molecule is O=c1ccc(S(=O)(=O)NCCc2ncn[nH]2)c[nH]1. The van der Waals surface area contributed by atoms with Crippen LogP contribution in [-0.4, -0.2) is 35.1 Å². The van der Waals surface area contributed by atoms with Gasteiger partial charge in [-0.1, -0.05) is 0 Å². The highest BCUT2D eigenvalue weighted by molar-refractivity contribution is 7.89. The van der Waals surface area contributed by atoms with Crippen molar-refractivity contribution in [3.8, 4) is 0 Å². The van der Waals surface area contributed by atoms with Gasteiger partial charge in [-0.15, -0.1) is 0 Å². The fourth-order valence-corrected chi connectivity index (χ4v) is 2.30. The largest absolute Gasteiger partial charge is 0.328 e. The van der Waals surface area contributed by atoms with Gasteiger partial charge in [-0.2, -0.15) is 5.10 Å². The van der Waals surface area contributed by atoms with Crippen molar-refractivity contribution in [3.05, 3.63) is 40.8 Å². The maximum absolute atomic E-state index is 11.8. The van der Waals surface area contributed by atoms with Gasteiger partial charge in [0.2, 0.25) is 15.6 Å². The van der Waals surface area contributed by atoms with E-state index in [1.54, 1.807) is 0 Å². The maximum atomic E-state index is 11.8. The minimum absolute atomic E-state index is 0.0136. The van der Waals surface area contributed by atoms with Crippen molar-refractivity contribution in [2.45, 2.75) is 11.3 Å². The van der Waals surface area contributed by atoms with E-state index in [9.17, 15) is 13.2 Å². The average Bonchev–Trinajstić information content (AvgIpc) is 2.82. The number of hydrogen-bond acceptors (Lipinski definition) is 5. The van der Waals surface area contributed by atoms with Crippen LogP contribution in [0.3, 0.4) is 0 Å². The van der Waals surface area contributed by atoms with E-state index < -0.39 is 10.0 Å². The first-order valence-corrected chi connectivity index (χ1v) is 6.59. The Kier molecular flexibility index (Phi) is 3.53. The van der Waals surface area contributed by atoms with Gasteiger partial charge in [0.05, 0.1) is 4.90 Å². The standard InChI is InChI=1S/C9H11N5O3S/c15-9-2-1-7(5-10-9)18(16,17)13-4-3-8-11-6-12-14-8/h1-2,5-6,13H,3-4H2,(H,10,15)(H,11,12,14). The van der Waals surface area contributed by atoms with E-state index in [0.717, 1.165) is 12.3 Å². The molecule has 0 aliphatic heterocycles. The number of rotatable bonds is 5. The quantitative estimate of drug-likeness (QED) is 0.644. The van der Waals surface area contributed by atoms with Crippen molar-refractivity contribution in [1.82, 2.24) is 24.9 Å². The molecule has 2 rings (SSSR count). The molecule has 8 nitrogen and oxygen atoms in total. The summed E-state index contributed by atoms with van der Waals surface area (Å²) < 4.78 is 26.0. The van der Waals surface area contributed by atoms with Crippen molar-refractivity contribution in [2.75, 3.05) is 6.54 Å². The van der Waals surface area contributed by atoms with Crippen LogP contribution >= 0.6 is 0 Å². The van der Waals surface area contributed by atoms with Gasteiger partial charge < -0.3 is 4.98 Å². The monoisotopic (exact) mass is 269 g/mol. The van der Waals surface area contributed by atoms with Crippen LogP contribution in [0.4, 0.5) is 0 Å². The smallest absolute Gasteiger partial charge is 0.247 e. The molecular weight excluding hydrogens is 258 g/mol. The van der Waals surface area contributed by atoms with E-state index >= 15 is 0 Å². The molecule has 0 fully saturated rings. The number of nitrogens with zero attached hydrogens (tertiary/aromatic N) is 2. The molecule has 18 heavy (non-hydrogen) atoms. The van der Waals surface area contributed by atoms with E-state index in [1.807, 2.05) is 0 Å². The van der Waals surface area contributed by atoms with E-state index in [2.05, 4.69) is 24.9 Å². The first-order valence-electron chi connectivity index (χ1n) is 5.10. The Hall–Kier alpha value is -2.00. The predicted molar refractivity (Wildman–Crippen MR) is 62.3 cm³/mol. The van der Waals surface area contributed by atoms with Crippen LogP contribution in [0.1, 0.15) is 5.82 Å². The highest BCUT2D eigenvalue weighted by Crippen LogP contribution is 2.03. The van der Waals surface area contributed by atoms with Gasteiger partial charge in [0.15, 0.2) is 0 Å². The molecule has 0 aliphatic rings. The van der Waals surface area contributed by atoms with Crippen molar-refractivity contribution in [2.24, 2.45) is 0 Å². The second-order valence-corrected chi connectivity index (χ2v) is 5.24. The summed E-state index contributed by atoms with van der Waals surface area (Å²) in [4.78, 5) is 17.0. The second kappa shape index (κ2) is 5.10. The Morgan fingerprint density at radius 3 is 2.78 bits per heavy atom. The fraction of sp³-hybridized carbons (Fsp3) is 0.222. The van der Waals surface area contributed by atoms with Crippen molar-refractivity contribution < 1.29 is 8.42 Å². The van der Waals surface area contributed by atoms with Crippen molar-refractivity contribution in [3.63, 3.8) is 0 Å². The molecule has 0 bridgehead atoms. The number of sulfonamides is 1. The van der Waals surface area contributed by atoms with E-state index in [4.69, 9.17) is 0 Å². The van der Waals surface area contributed by atoms with Crippen LogP contribution in [0.15, 0.2) is 34.3 Å². The van der Waals surface area contributed by atoms with E-state index in [-0.39, 0.29) is 17.0 Å². The average molecular weight is 269 g/mol. The zero-order chi connectivity index (χ0) is 13.0. The van der Waals surface area contributed by atoms with Gasteiger partial charge in [0.1, 0.15) is 12.2 Å². The molecule has 96 valence electrons. The molecule has 0 aromatic carbocycles. The molecule has 2 heterocycles. The van der Waals surface area contributed by atoms with Gasteiger partial charge in [-0.05, 0) is 6.07 Å². The molecule has 9 heteroatoms. The van der Waals surface area contributed by atoms with Gasteiger partial charge in [-0.3, -0.25) is 9.89 Å². The topological polar surface area (TPSA) is 121 Å². The number of aromatic amines is 2. The van der Waals surface area contributed by atoms with Gasteiger partial charge in [0, 0.05) is 25.2 Å². The lowest BCUT2D eigenvalue weighted by atomic mass is 10.4. The van der Waals surface area contributed by atoms with E-state index in [0.29, 0.717) is 12.2 Å². The highest BCUT2D eigenvalue weighted by Gasteiger charge is 2.13. The molecule has 0 unspecified atom stereocenters. The third kappa shape index (κ3) is 3.02. The molecule has 0 spiro atoms. The molecule has 2 aromatic rings. The zero-order valence-electron chi connectivity index (χ0n) is 9.25. The van der Waals surface area contributed by atoms with Gasteiger partial charge in [-0.25, -0.2) is 18.1 Å². The third-order valence-corrected chi connectivity index (χ3v) is 3.64. The summed E-state index contributed by atoms with van der Waals surface area (Å²) in [6.45, 7) is 0.191. The summed E-state index contributed by atoms with van der Waals surface area (Å²) in [6, 6.07) is 2.40. The summed E-state index contributed by atoms with van der Waals surface area (Å²) in [6.07, 6.45) is 2.91. The summed E-state index contributed by atoms with van der Waals surface area (Å²) in [5, 5.41) is 6.28. The number of nitrogens with one attached hydrogen (secondary N) is 3. The molecule has 0 amide bonds. The minimum atomic E-state index is -3.61. The molecule has 0 radical (unpaired) electrons. The number of hydrogen-bond donors (Lipinski definition) is 3. The summed E-state index contributed by atoms with van der Waals surface area (Å²) in [7, 11) is -3.61. The maximum Gasteiger partial charge on any atom is 0.247 e. The Morgan fingerprint density at radius 2 is 2.17 bits per heavy atom. The molecule has 0 saturated heterocycles. The molecule has 3 N–H and O–H groups in total. The van der Waals surface area contributed by atoms with Crippen LogP contribution in [0.2, 0.25) is 0 Å². The first kappa shape index (κ1) is 12.5. The lowest BCUT2D eigenvalue weighted by Gasteiger charge is -2.04. The van der Waals surface area contributed by atoms with E-state index in [1.165, 1.54) is 12.4 Å². The zero-order valence-corrected chi connectivity index (χ0v) is 10.1. The Balaban J connectivity index is 1.99. The second-order valence-electron chi connectivity index (χ2n) is 3.47. The van der Waals surface area contributed by atoms with Crippen molar-refractivity contribution in [1.29, 1.82) is 0 Å². The minimum Gasteiger partial charge on any atom is -0.328 e. The summed E-state index contributed by atoms with van der Waals surface area (Å²) in [5.41, 5.74) is -0.351. The predicted octanol–water partition coefficient (Wildman–Crippen LogP) is -0.986. The van der Waals surface area contributed by atoms with Gasteiger partial charge >= 0.3 is 0 Å². The van der Waals surface area contributed by atoms with Crippen molar-refractivity contribution >= 4 is 10.0 Å². The Morgan fingerprint density at radius 1 is 1.33 bits per heavy atom. The molecule has 0 atom stereocenters. The molecular formula is C9H11N5O3S. The lowest BCUT2D eigenvalue weighted by Crippen LogP contribution is -2.26. The molecule has 0 saturated carbocycles. The first-order chi connectivity index (χ1) is 8.58. The van der Waals surface area contributed by atoms with Crippen LogP contribution in [-0.2, 0) is 16.4 Å². The fourth-order valence-electron chi connectivity index (χ4n) is 1.30. The third-order valence-electron chi connectivity index (χ3n) is 2.18. The normalized spacial score (nSPS) is 11.6. The van der Waals surface area contributed by atoms with Gasteiger partial charge in [0.25, 0.3) is 0 Å². The molecule has 0 aliphatic carbocycles. The number of pyridine rings is 1. The van der Waals surface area contributed by atoms with Crippen LogP contribution < -0.4 is 10.3 Å². The lowest BCUT2D eigenvalue weighted by molar-refractivity contribution is 0.580. The van der Waals surface area contributed by atoms with Crippen LogP contribution in [0, 0.1) is 0 Å². The Bertz CT molecular complexity index is 641. The Labute approximate surface area is 103 Å². The number of aromatic nitrogens is 4. The number of H-pyrrole nitrogens is 2. The highest BCUT2D eigenvalue weighted by atomic mass is 32.2. The van der Waals surface area contributed by atoms with Crippen LogP contribution in [0.25, 0.3) is 0 Å². The summed E-state index contributed by atoms with van der Waals surface area (Å²) >= 11 is 0.